The van der Waals surface area contributed by atoms with E-state index >= 15 is 0 Å². The van der Waals surface area contributed by atoms with Crippen LogP contribution in [-0.2, 0) is 16.0 Å². The Labute approximate surface area is 124 Å². The van der Waals surface area contributed by atoms with Crippen molar-refractivity contribution < 1.29 is 19.8 Å². The number of carboxylic acids is 1. The van der Waals surface area contributed by atoms with Gasteiger partial charge < -0.3 is 15.5 Å². The highest BCUT2D eigenvalue weighted by atomic mass is 16.4. The van der Waals surface area contributed by atoms with Crippen molar-refractivity contribution >= 4 is 11.9 Å². The number of carboxylic acid groups (broad SMARTS) is 1. The molecular weight excluding hydrogens is 270 g/mol. The lowest BCUT2D eigenvalue weighted by molar-refractivity contribution is -0.151. The van der Waals surface area contributed by atoms with Crippen molar-refractivity contribution in [1.29, 1.82) is 0 Å². The second-order valence-electron chi connectivity index (χ2n) is 5.78. The Bertz CT molecular complexity index is 543. The number of benzene rings is 1. The van der Waals surface area contributed by atoms with E-state index in [-0.39, 0.29) is 24.0 Å². The number of phenolic OH excluding ortho intramolecular Hbond substituents is 1. The molecule has 0 spiro atoms. The zero-order valence-corrected chi connectivity index (χ0v) is 12.1. The Morgan fingerprint density at radius 1 is 1.33 bits per heavy atom. The summed E-state index contributed by atoms with van der Waals surface area (Å²) in [4.78, 5) is 23.9. The third-order valence-corrected chi connectivity index (χ3v) is 4.39. The predicted molar refractivity (Wildman–Crippen MR) is 78.0 cm³/mol. The summed E-state index contributed by atoms with van der Waals surface area (Å²) in [6.45, 7) is 1.87. The summed E-state index contributed by atoms with van der Waals surface area (Å²) in [5.74, 6) is -1.39. The minimum atomic E-state index is -1.18. The van der Waals surface area contributed by atoms with Gasteiger partial charge in [-0.05, 0) is 24.8 Å². The molecule has 114 valence electrons. The lowest BCUT2D eigenvalue weighted by Crippen LogP contribution is -2.60. The van der Waals surface area contributed by atoms with Crippen molar-refractivity contribution in [3.05, 3.63) is 29.8 Å². The van der Waals surface area contributed by atoms with Crippen LogP contribution in [0.1, 0.15) is 38.2 Å². The fourth-order valence-electron chi connectivity index (χ4n) is 3.03. The van der Waals surface area contributed by atoms with Crippen LogP contribution in [0.2, 0.25) is 0 Å². The lowest BCUT2D eigenvalue weighted by atomic mass is 9.73. The number of phenols is 1. The first-order chi connectivity index (χ1) is 9.95. The number of rotatable bonds is 4. The number of aromatic hydroxyl groups is 1. The van der Waals surface area contributed by atoms with Gasteiger partial charge in [0, 0.05) is 5.56 Å². The van der Waals surface area contributed by atoms with Gasteiger partial charge in [-0.3, -0.25) is 4.79 Å². The molecule has 0 bridgehead atoms. The number of nitrogens with one attached hydrogen (secondary N) is 1. The maximum absolute atomic E-state index is 12.2. The van der Waals surface area contributed by atoms with Crippen molar-refractivity contribution in [3.8, 4) is 5.75 Å². The summed E-state index contributed by atoms with van der Waals surface area (Å²) in [5.41, 5.74) is -0.682. The molecule has 21 heavy (non-hydrogen) atoms. The molecule has 0 radical (unpaired) electrons. The zero-order valence-electron chi connectivity index (χ0n) is 12.1. The number of amides is 1. The molecule has 2 rings (SSSR count). The fraction of sp³-hybridized carbons (Fsp3) is 0.500. The number of para-hydroxylation sites is 1. The van der Waals surface area contributed by atoms with Gasteiger partial charge >= 0.3 is 5.97 Å². The lowest BCUT2D eigenvalue weighted by Gasteiger charge is -2.39. The van der Waals surface area contributed by atoms with Gasteiger partial charge in [0.2, 0.25) is 5.91 Å². The summed E-state index contributed by atoms with van der Waals surface area (Å²) in [6.07, 6.45) is 3.02. The van der Waals surface area contributed by atoms with E-state index < -0.39 is 11.5 Å². The quantitative estimate of drug-likeness (QED) is 0.792. The predicted octanol–water partition coefficient (Wildman–Crippen LogP) is 2.08. The normalized spacial score (nSPS) is 25.3. The first kappa shape index (κ1) is 15.4. The van der Waals surface area contributed by atoms with Gasteiger partial charge in [0.05, 0.1) is 6.42 Å². The molecular formula is C16H21NO4. The molecule has 1 saturated carbocycles. The second kappa shape index (κ2) is 6.16. The largest absolute Gasteiger partial charge is 0.508 e. The smallest absolute Gasteiger partial charge is 0.329 e. The first-order valence-electron chi connectivity index (χ1n) is 7.27. The fourth-order valence-corrected chi connectivity index (χ4v) is 3.03. The van der Waals surface area contributed by atoms with E-state index in [9.17, 15) is 19.8 Å². The van der Waals surface area contributed by atoms with E-state index in [4.69, 9.17) is 0 Å². The van der Waals surface area contributed by atoms with E-state index in [1.165, 1.54) is 6.07 Å². The van der Waals surface area contributed by atoms with Crippen molar-refractivity contribution in [1.82, 2.24) is 5.32 Å². The van der Waals surface area contributed by atoms with Gasteiger partial charge in [-0.1, -0.05) is 38.0 Å². The van der Waals surface area contributed by atoms with Crippen LogP contribution in [0.3, 0.4) is 0 Å². The van der Waals surface area contributed by atoms with Gasteiger partial charge in [0.25, 0.3) is 0 Å². The molecule has 0 heterocycles. The first-order valence-corrected chi connectivity index (χ1v) is 7.27. The molecule has 1 aromatic carbocycles. The summed E-state index contributed by atoms with van der Waals surface area (Å²) >= 11 is 0. The summed E-state index contributed by atoms with van der Waals surface area (Å²) in [7, 11) is 0. The molecule has 1 aliphatic rings. The zero-order chi connectivity index (χ0) is 15.5. The molecule has 1 amide bonds. The standard InChI is InChI=1S/C16H21NO4/c1-11-6-4-5-9-16(11,15(20)21)17-14(19)10-12-7-2-3-8-13(12)18/h2-3,7-8,11,18H,4-6,9-10H2,1H3,(H,17,19)(H,20,21). The highest BCUT2D eigenvalue weighted by molar-refractivity contribution is 5.88. The molecule has 1 fully saturated rings. The summed E-state index contributed by atoms with van der Waals surface area (Å²) in [5, 5.41) is 22.0. The van der Waals surface area contributed by atoms with Crippen LogP contribution in [0, 0.1) is 5.92 Å². The summed E-state index contributed by atoms with van der Waals surface area (Å²) < 4.78 is 0. The van der Waals surface area contributed by atoms with E-state index in [2.05, 4.69) is 5.32 Å². The summed E-state index contributed by atoms with van der Waals surface area (Å²) in [6, 6.07) is 6.59. The van der Waals surface area contributed by atoms with E-state index in [0.717, 1.165) is 19.3 Å². The molecule has 0 saturated heterocycles. The van der Waals surface area contributed by atoms with Crippen LogP contribution < -0.4 is 5.32 Å². The van der Waals surface area contributed by atoms with Gasteiger partial charge in [0.1, 0.15) is 11.3 Å². The number of hydrogen-bond donors (Lipinski definition) is 3. The molecule has 2 unspecified atom stereocenters. The van der Waals surface area contributed by atoms with E-state index in [0.29, 0.717) is 12.0 Å². The Kier molecular flexibility index (Phi) is 4.50. The Morgan fingerprint density at radius 2 is 2.05 bits per heavy atom. The molecule has 0 aromatic heterocycles. The number of aliphatic carboxylic acids is 1. The molecule has 5 nitrogen and oxygen atoms in total. The molecule has 2 atom stereocenters. The van der Waals surface area contributed by atoms with Crippen molar-refractivity contribution in [2.24, 2.45) is 5.92 Å². The average molecular weight is 291 g/mol. The monoisotopic (exact) mass is 291 g/mol. The number of carbonyl (C=O) groups excluding carboxylic acids is 1. The van der Waals surface area contributed by atoms with E-state index in [1.54, 1.807) is 18.2 Å². The highest BCUT2D eigenvalue weighted by Crippen LogP contribution is 2.34. The van der Waals surface area contributed by atoms with Crippen LogP contribution in [0.4, 0.5) is 0 Å². The van der Waals surface area contributed by atoms with Gasteiger partial charge in [-0.15, -0.1) is 0 Å². The van der Waals surface area contributed by atoms with Crippen LogP contribution >= 0.6 is 0 Å². The van der Waals surface area contributed by atoms with Gasteiger partial charge in [-0.2, -0.15) is 0 Å². The SMILES string of the molecule is CC1CCCCC1(NC(=O)Cc1ccccc1O)C(=O)O. The van der Waals surface area contributed by atoms with Crippen molar-refractivity contribution in [2.45, 2.75) is 44.6 Å². The topological polar surface area (TPSA) is 86.6 Å². The third-order valence-electron chi connectivity index (χ3n) is 4.39. The van der Waals surface area contributed by atoms with Crippen LogP contribution in [-0.4, -0.2) is 27.6 Å². The van der Waals surface area contributed by atoms with Crippen molar-refractivity contribution in [3.63, 3.8) is 0 Å². The Morgan fingerprint density at radius 3 is 2.67 bits per heavy atom. The third kappa shape index (κ3) is 3.17. The minimum Gasteiger partial charge on any atom is -0.508 e. The molecule has 0 aliphatic heterocycles. The Hall–Kier alpha value is -2.04. The Balaban J connectivity index is 2.12. The average Bonchev–Trinajstić information content (AvgIpc) is 2.44. The maximum Gasteiger partial charge on any atom is 0.329 e. The maximum atomic E-state index is 12.2. The van der Waals surface area contributed by atoms with Gasteiger partial charge in [-0.25, -0.2) is 4.79 Å². The molecule has 1 aromatic rings. The van der Waals surface area contributed by atoms with Crippen LogP contribution in [0.15, 0.2) is 24.3 Å². The number of hydrogen-bond acceptors (Lipinski definition) is 3. The molecule has 3 N–H and O–H groups in total. The van der Waals surface area contributed by atoms with Crippen molar-refractivity contribution in [2.75, 3.05) is 0 Å². The van der Waals surface area contributed by atoms with Crippen LogP contribution in [0.25, 0.3) is 0 Å². The highest BCUT2D eigenvalue weighted by Gasteiger charge is 2.46. The van der Waals surface area contributed by atoms with Gasteiger partial charge in [0.15, 0.2) is 0 Å². The minimum absolute atomic E-state index is 0.0194. The number of carbonyl (C=O) groups is 2. The van der Waals surface area contributed by atoms with Crippen LogP contribution in [0.5, 0.6) is 5.75 Å². The molecule has 1 aliphatic carbocycles. The second-order valence-corrected chi connectivity index (χ2v) is 5.78. The molecule has 5 heteroatoms. The van der Waals surface area contributed by atoms with E-state index in [1.807, 2.05) is 6.92 Å².